The predicted molar refractivity (Wildman–Crippen MR) is 65.7 cm³/mol. The van der Waals surface area contributed by atoms with Gasteiger partial charge in [-0.2, -0.15) is 0 Å². The zero-order valence-electron chi connectivity index (χ0n) is 11.5. The first kappa shape index (κ1) is 14.3. The first-order chi connectivity index (χ1) is 7.70. The molecule has 1 amide bonds. The van der Waals surface area contributed by atoms with Gasteiger partial charge < -0.3 is 9.64 Å². The largest absolute Gasteiger partial charge is 0.444 e. The monoisotopic (exact) mass is 245 g/mol. The highest BCUT2D eigenvalue weighted by Crippen LogP contribution is 2.38. The van der Waals surface area contributed by atoms with E-state index in [-0.39, 0.29) is 24.1 Å². The minimum atomic E-state index is -0.490. The Hall–Kier alpha value is -0.800. The number of carbonyl (C=O) groups excluding carboxylic acids is 1. The van der Waals surface area contributed by atoms with Gasteiger partial charge in [0.2, 0.25) is 0 Å². The average Bonchev–Trinajstić information content (AvgIpc) is 2.60. The third kappa shape index (κ3) is 3.33. The summed E-state index contributed by atoms with van der Waals surface area (Å²) >= 11 is 0. The number of amides is 1. The maximum Gasteiger partial charge on any atom is 0.410 e. The summed E-state index contributed by atoms with van der Waals surface area (Å²) in [4.78, 5) is 13.5. The van der Waals surface area contributed by atoms with E-state index in [1.54, 1.807) is 4.90 Å². The fourth-order valence-electron chi connectivity index (χ4n) is 2.11. The normalized spacial score (nSPS) is 25.5. The second-order valence-corrected chi connectivity index (χ2v) is 6.30. The Morgan fingerprint density at radius 3 is 2.41 bits per heavy atom. The second-order valence-electron chi connectivity index (χ2n) is 6.30. The van der Waals surface area contributed by atoms with Crippen molar-refractivity contribution in [3.63, 3.8) is 0 Å². The Morgan fingerprint density at radius 1 is 1.47 bits per heavy atom. The van der Waals surface area contributed by atoms with Gasteiger partial charge >= 0.3 is 6.09 Å². The summed E-state index contributed by atoms with van der Waals surface area (Å²) in [5.41, 5.74) is -0.868. The van der Waals surface area contributed by atoms with Crippen LogP contribution in [0.2, 0.25) is 0 Å². The molecule has 0 aliphatic carbocycles. The molecule has 0 spiro atoms. The molecule has 0 saturated carbocycles. The molecular formula is C13H24FNO2. The maximum atomic E-state index is 13.2. The predicted octanol–water partition coefficient (Wildman–Crippen LogP) is 3.24. The minimum absolute atomic E-state index is 0.236. The molecule has 0 aromatic carbocycles. The van der Waals surface area contributed by atoms with Crippen LogP contribution >= 0.6 is 0 Å². The number of likely N-dealkylation sites (tertiary alicyclic amines) is 1. The lowest BCUT2D eigenvalue weighted by Crippen LogP contribution is -2.39. The lowest BCUT2D eigenvalue weighted by Gasteiger charge is -2.31. The van der Waals surface area contributed by atoms with Crippen LogP contribution in [0.4, 0.5) is 9.18 Å². The Balaban J connectivity index is 2.64. The average molecular weight is 245 g/mol. The number of carbonyl (C=O) groups is 1. The van der Waals surface area contributed by atoms with Crippen molar-refractivity contribution in [1.29, 1.82) is 0 Å². The summed E-state index contributed by atoms with van der Waals surface area (Å²) in [7, 11) is 0. The van der Waals surface area contributed by atoms with Gasteiger partial charge in [0.15, 0.2) is 0 Å². The molecule has 0 aromatic rings. The van der Waals surface area contributed by atoms with Crippen LogP contribution in [0, 0.1) is 11.3 Å². The van der Waals surface area contributed by atoms with Gasteiger partial charge in [-0.05, 0) is 33.1 Å². The molecule has 1 fully saturated rings. The van der Waals surface area contributed by atoms with Gasteiger partial charge in [0.05, 0.1) is 6.67 Å². The quantitative estimate of drug-likeness (QED) is 0.747. The Kier molecular flexibility index (Phi) is 4.05. The molecule has 0 bridgehead atoms. The highest BCUT2D eigenvalue weighted by atomic mass is 19.1. The zero-order chi connectivity index (χ0) is 13.3. The van der Waals surface area contributed by atoms with E-state index in [0.29, 0.717) is 13.1 Å². The number of ether oxygens (including phenoxy) is 1. The minimum Gasteiger partial charge on any atom is -0.444 e. The van der Waals surface area contributed by atoms with Gasteiger partial charge in [-0.15, -0.1) is 0 Å². The molecule has 1 saturated heterocycles. The molecule has 3 nitrogen and oxygen atoms in total. The molecule has 1 aliphatic rings. The van der Waals surface area contributed by atoms with Crippen LogP contribution < -0.4 is 0 Å². The first-order valence-electron chi connectivity index (χ1n) is 6.24. The third-order valence-electron chi connectivity index (χ3n) is 3.53. The number of alkyl halides is 1. The van der Waals surface area contributed by atoms with Gasteiger partial charge in [-0.3, -0.25) is 4.39 Å². The molecule has 0 N–H and O–H groups in total. The lowest BCUT2D eigenvalue weighted by atomic mass is 9.78. The highest BCUT2D eigenvalue weighted by Gasteiger charge is 2.43. The van der Waals surface area contributed by atoms with Crippen molar-refractivity contribution in [3.8, 4) is 0 Å². The van der Waals surface area contributed by atoms with Crippen LogP contribution in [0.15, 0.2) is 0 Å². The molecule has 0 aromatic heterocycles. The van der Waals surface area contributed by atoms with Crippen LogP contribution in [0.5, 0.6) is 0 Å². The van der Waals surface area contributed by atoms with E-state index in [0.717, 1.165) is 6.42 Å². The fraction of sp³-hybridized carbons (Fsp3) is 0.923. The Bertz CT molecular complexity index is 286. The number of hydrogen-bond acceptors (Lipinski definition) is 2. The fourth-order valence-corrected chi connectivity index (χ4v) is 2.11. The van der Waals surface area contributed by atoms with Crippen molar-refractivity contribution in [2.45, 2.75) is 46.6 Å². The van der Waals surface area contributed by atoms with Crippen LogP contribution in [0.1, 0.15) is 41.0 Å². The number of hydrogen-bond donors (Lipinski definition) is 0. The molecular weight excluding hydrogens is 221 g/mol. The molecule has 1 rings (SSSR count). The van der Waals surface area contributed by atoms with Gasteiger partial charge in [0.25, 0.3) is 0 Å². The van der Waals surface area contributed by atoms with Crippen molar-refractivity contribution in [3.05, 3.63) is 0 Å². The van der Waals surface area contributed by atoms with Crippen LogP contribution in [-0.4, -0.2) is 36.4 Å². The Labute approximate surface area is 103 Å². The van der Waals surface area contributed by atoms with Gasteiger partial charge in [0.1, 0.15) is 5.60 Å². The van der Waals surface area contributed by atoms with E-state index in [9.17, 15) is 9.18 Å². The molecule has 1 heterocycles. The molecule has 1 unspecified atom stereocenters. The van der Waals surface area contributed by atoms with Crippen LogP contribution in [0.25, 0.3) is 0 Å². The van der Waals surface area contributed by atoms with Gasteiger partial charge in [-0.25, -0.2) is 4.79 Å². The third-order valence-corrected chi connectivity index (χ3v) is 3.53. The van der Waals surface area contributed by atoms with Crippen LogP contribution in [0.3, 0.4) is 0 Å². The Morgan fingerprint density at radius 2 is 2.06 bits per heavy atom. The second kappa shape index (κ2) is 4.83. The SMILES string of the molecule is CC(C)C1(CF)CCN(C(=O)OC(C)(C)C)C1. The van der Waals surface area contributed by atoms with Crippen molar-refractivity contribution < 1.29 is 13.9 Å². The van der Waals surface area contributed by atoms with Crippen molar-refractivity contribution in [2.24, 2.45) is 11.3 Å². The summed E-state index contributed by atoms with van der Waals surface area (Å²) < 4.78 is 18.5. The van der Waals surface area contributed by atoms with E-state index in [2.05, 4.69) is 0 Å². The zero-order valence-corrected chi connectivity index (χ0v) is 11.5. The summed E-state index contributed by atoms with van der Waals surface area (Å²) in [5.74, 6) is 0.236. The van der Waals surface area contributed by atoms with Gasteiger partial charge in [0, 0.05) is 18.5 Å². The molecule has 1 atom stereocenters. The topological polar surface area (TPSA) is 29.5 Å². The molecule has 100 valence electrons. The highest BCUT2D eigenvalue weighted by molar-refractivity contribution is 5.68. The van der Waals surface area contributed by atoms with Gasteiger partial charge in [-0.1, -0.05) is 13.8 Å². The standard InChI is InChI=1S/C13H24FNO2/c1-10(2)13(8-14)6-7-15(9-13)11(16)17-12(3,4)5/h10H,6-9H2,1-5H3. The number of rotatable bonds is 2. The van der Waals surface area contributed by atoms with Crippen LogP contribution in [-0.2, 0) is 4.74 Å². The van der Waals surface area contributed by atoms with E-state index in [1.165, 1.54) is 0 Å². The lowest BCUT2D eigenvalue weighted by molar-refractivity contribution is 0.0249. The molecule has 0 radical (unpaired) electrons. The molecule has 17 heavy (non-hydrogen) atoms. The summed E-state index contributed by atoms with van der Waals surface area (Å²) in [6.07, 6.45) is 0.397. The van der Waals surface area contributed by atoms with Crippen molar-refractivity contribution in [2.75, 3.05) is 19.8 Å². The van der Waals surface area contributed by atoms with Crippen molar-refractivity contribution in [1.82, 2.24) is 4.90 Å². The van der Waals surface area contributed by atoms with E-state index >= 15 is 0 Å². The van der Waals surface area contributed by atoms with Crippen molar-refractivity contribution >= 4 is 6.09 Å². The van der Waals surface area contributed by atoms with E-state index in [1.807, 2.05) is 34.6 Å². The number of halogens is 1. The summed E-state index contributed by atoms with van der Waals surface area (Å²) in [6, 6.07) is 0. The summed E-state index contributed by atoms with van der Waals surface area (Å²) in [6.45, 7) is 10.2. The van der Waals surface area contributed by atoms with E-state index in [4.69, 9.17) is 4.74 Å². The maximum absolute atomic E-state index is 13.2. The first-order valence-corrected chi connectivity index (χ1v) is 6.24. The summed E-state index contributed by atoms with van der Waals surface area (Å²) in [5, 5.41) is 0. The molecule has 4 heteroatoms. The molecule has 1 aliphatic heterocycles. The van der Waals surface area contributed by atoms with E-state index < -0.39 is 5.60 Å². The smallest absolute Gasteiger partial charge is 0.410 e. The number of nitrogens with zero attached hydrogens (tertiary/aromatic N) is 1.